The van der Waals surface area contributed by atoms with E-state index in [2.05, 4.69) is 0 Å². The highest BCUT2D eigenvalue weighted by Crippen LogP contribution is 2.23. The van der Waals surface area contributed by atoms with Crippen molar-refractivity contribution in [1.29, 1.82) is 0 Å². The molecule has 7 nitrogen and oxygen atoms in total. The summed E-state index contributed by atoms with van der Waals surface area (Å²) in [6.07, 6.45) is -5.49. The number of carbonyl (C=O) groups excluding carboxylic acids is 2. The Morgan fingerprint density at radius 1 is 1.13 bits per heavy atom. The van der Waals surface area contributed by atoms with Crippen molar-refractivity contribution >= 4 is 11.8 Å². The summed E-state index contributed by atoms with van der Waals surface area (Å²) in [7, 11) is 0. The van der Waals surface area contributed by atoms with Crippen LogP contribution in [0.1, 0.15) is 13.8 Å². The molecule has 0 saturated carbocycles. The van der Waals surface area contributed by atoms with Crippen LogP contribution < -0.4 is 11.5 Å². The lowest BCUT2D eigenvalue weighted by atomic mass is 9.81. The predicted molar refractivity (Wildman–Crippen MR) is 50.2 cm³/mol. The molecule has 0 aliphatic heterocycles. The van der Waals surface area contributed by atoms with Gasteiger partial charge in [-0.25, -0.2) is 0 Å². The van der Waals surface area contributed by atoms with Crippen molar-refractivity contribution in [2.45, 2.75) is 32.2 Å². The van der Waals surface area contributed by atoms with Crippen molar-refractivity contribution in [2.75, 3.05) is 0 Å². The zero-order valence-electron chi connectivity index (χ0n) is 8.54. The minimum absolute atomic E-state index is 0.870. The third-order valence-corrected chi connectivity index (χ3v) is 2.31. The van der Waals surface area contributed by atoms with Crippen LogP contribution in [0.2, 0.25) is 0 Å². The first kappa shape index (κ1) is 13.8. The van der Waals surface area contributed by atoms with Crippen LogP contribution in [0.3, 0.4) is 0 Å². The molecule has 3 unspecified atom stereocenters. The summed E-state index contributed by atoms with van der Waals surface area (Å²) >= 11 is 0. The number of rotatable bonds is 5. The van der Waals surface area contributed by atoms with E-state index in [0.29, 0.717) is 0 Å². The van der Waals surface area contributed by atoms with E-state index in [0.717, 1.165) is 0 Å². The van der Waals surface area contributed by atoms with E-state index in [9.17, 15) is 19.8 Å². The van der Waals surface area contributed by atoms with E-state index in [1.165, 1.54) is 13.8 Å². The SMILES string of the molecule is CC(C)(C(N)=O)C(O)C(O)C(O)C(N)=O. The lowest BCUT2D eigenvalue weighted by Crippen LogP contribution is -2.54. The number of aliphatic hydroxyl groups is 3. The van der Waals surface area contributed by atoms with Gasteiger partial charge in [0.15, 0.2) is 6.10 Å². The quantitative estimate of drug-likeness (QED) is 0.336. The number of carbonyl (C=O) groups is 2. The standard InChI is InChI=1S/C8H16N2O5/c1-8(2,7(10)15)5(13)3(11)4(12)6(9)14/h3-5,11-13H,1-2H3,(H2,9,14)(H2,10,15). The molecular weight excluding hydrogens is 204 g/mol. The maximum absolute atomic E-state index is 10.9. The zero-order valence-corrected chi connectivity index (χ0v) is 8.54. The summed E-state index contributed by atoms with van der Waals surface area (Å²) in [6.45, 7) is 2.55. The van der Waals surface area contributed by atoms with Crippen LogP contribution in [-0.4, -0.2) is 45.4 Å². The van der Waals surface area contributed by atoms with E-state index < -0.39 is 35.5 Å². The summed E-state index contributed by atoms with van der Waals surface area (Å²) in [5.41, 5.74) is 8.22. The van der Waals surface area contributed by atoms with Crippen molar-refractivity contribution < 1.29 is 24.9 Å². The highest BCUT2D eigenvalue weighted by molar-refractivity contribution is 5.82. The van der Waals surface area contributed by atoms with Crippen LogP contribution in [0, 0.1) is 5.41 Å². The van der Waals surface area contributed by atoms with Crippen molar-refractivity contribution in [3.05, 3.63) is 0 Å². The van der Waals surface area contributed by atoms with Crippen molar-refractivity contribution in [3.63, 3.8) is 0 Å². The van der Waals surface area contributed by atoms with E-state index >= 15 is 0 Å². The molecule has 0 heterocycles. The fourth-order valence-corrected chi connectivity index (χ4v) is 0.914. The summed E-state index contributed by atoms with van der Waals surface area (Å²) in [4.78, 5) is 21.4. The number of nitrogens with two attached hydrogens (primary N) is 2. The largest absolute Gasteiger partial charge is 0.389 e. The second kappa shape index (κ2) is 4.56. The molecule has 0 aliphatic carbocycles. The molecule has 88 valence electrons. The fraction of sp³-hybridized carbons (Fsp3) is 0.750. The van der Waals surface area contributed by atoms with Crippen LogP contribution in [0.4, 0.5) is 0 Å². The highest BCUT2D eigenvalue weighted by atomic mass is 16.4. The van der Waals surface area contributed by atoms with Gasteiger partial charge in [-0.1, -0.05) is 0 Å². The summed E-state index contributed by atoms with van der Waals surface area (Å²) < 4.78 is 0. The second-order valence-electron chi connectivity index (χ2n) is 3.87. The van der Waals surface area contributed by atoms with Crippen molar-refractivity contribution in [1.82, 2.24) is 0 Å². The Bertz CT molecular complexity index is 266. The van der Waals surface area contributed by atoms with Gasteiger partial charge in [-0.05, 0) is 13.8 Å². The maximum atomic E-state index is 10.9. The van der Waals surface area contributed by atoms with Gasteiger partial charge in [0.25, 0.3) is 0 Å². The molecule has 0 radical (unpaired) electrons. The molecule has 0 bridgehead atoms. The summed E-state index contributed by atoms with van der Waals surface area (Å²) in [5.74, 6) is -2.06. The maximum Gasteiger partial charge on any atom is 0.249 e. The Morgan fingerprint density at radius 3 is 1.80 bits per heavy atom. The second-order valence-corrected chi connectivity index (χ2v) is 3.87. The van der Waals surface area contributed by atoms with Gasteiger partial charge in [0.2, 0.25) is 11.8 Å². The van der Waals surface area contributed by atoms with E-state index in [-0.39, 0.29) is 0 Å². The third kappa shape index (κ3) is 2.88. The average Bonchev–Trinajstić information content (AvgIpc) is 2.13. The van der Waals surface area contributed by atoms with Gasteiger partial charge in [0.1, 0.15) is 6.10 Å². The summed E-state index contributed by atoms with van der Waals surface area (Å²) in [5, 5.41) is 27.9. The molecule has 0 aromatic rings. The molecule has 0 spiro atoms. The highest BCUT2D eigenvalue weighted by Gasteiger charge is 2.42. The van der Waals surface area contributed by atoms with Crippen LogP contribution >= 0.6 is 0 Å². The lowest BCUT2D eigenvalue weighted by molar-refractivity contribution is -0.153. The van der Waals surface area contributed by atoms with Gasteiger partial charge < -0.3 is 26.8 Å². The summed E-state index contributed by atoms with van der Waals surface area (Å²) in [6, 6.07) is 0. The van der Waals surface area contributed by atoms with E-state index in [1.807, 2.05) is 0 Å². The smallest absolute Gasteiger partial charge is 0.249 e. The first-order valence-corrected chi connectivity index (χ1v) is 4.25. The molecule has 7 heteroatoms. The number of hydrogen-bond donors (Lipinski definition) is 5. The van der Waals surface area contributed by atoms with Gasteiger partial charge in [0, 0.05) is 0 Å². The number of amides is 2. The first-order chi connectivity index (χ1) is 6.62. The Kier molecular flexibility index (Phi) is 4.20. The van der Waals surface area contributed by atoms with Crippen LogP contribution in [0.5, 0.6) is 0 Å². The van der Waals surface area contributed by atoms with Gasteiger partial charge in [-0.3, -0.25) is 9.59 Å². The van der Waals surface area contributed by atoms with Crippen LogP contribution in [0.25, 0.3) is 0 Å². The molecule has 7 N–H and O–H groups in total. The Hall–Kier alpha value is -1.18. The Balaban J connectivity index is 4.78. The lowest BCUT2D eigenvalue weighted by Gasteiger charge is -2.31. The number of aliphatic hydroxyl groups excluding tert-OH is 3. The molecule has 2 amide bonds. The number of hydrogen-bond acceptors (Lipinski definition) is 5. The normalized spacial score (nSPS) is 17.9. The fourth-order valence-electron chi connectivity index (χ4n) is 0.914. The van der Waals surface area contributed by atoms with Gasteiger partial charge >= 0.3 is 0 Å². The van der Waals surface area contributed by atoms with Crippen molar-refractivity contribution in [3.8, 4) is 0 Å². The predicted octanol–water partition coefficient (Wildman–Crippen LogP) is -2.93. The molecule has 0 rings (SSSR count). The van der Waals surface area contributed by atoms with Crippen molar-refractivity contribution in [2.24, 2.45) is 16.9 Å². The average molecular weight is 220 g/mol. The molecule has 0 fully saturated rings. The van der Waals surface area contributed by atoms with Gasteiger partial charge in [-0.15, -0.1) is 0 Å². The Morgan fingerprint density at radius 2 is 1.53 bits per heavy atom. The van der Waals surface area contributed by atoms with Crippen LogP contribution in [0.15, 0.2) is 0 Å². The number of primary amides is 2. The third-order valence-electron chi connectivity index (χ3n) is 2.31. The minimum atomic E-state index is -1.95. The van der Waals surface area contributed by atoms with Crippen LogP contribution in [-0.2, 0) is 9.59 Å². The van der Waals surface area contributed by atoms with E-state index in [1.54, 1.807) is 0 Å². The Labute approximate surface area is 86.7 Å². The molecule has 0 aromatic heterocycles. The minimum Gasteiger partial charge on any atom is -0.389 e. The molecular formula is C8H16N2O5. The molecule has 0 aromatic carbocycles. The topological polar surface area (TPSA) is 147 Å². The monoisotopic (exact) mass is 220 g/mol. The molecule has 0 aliphatic rings. The van der Waals surface area contributed by atoms with Gasteiger partial charge in [0.05, 0.1) is 11.5 Å². The van der Waals surface area contributed by atoms with E-state index in [4.69, 9.17) is 16.6 Å². The first-order valence-electron chi connectivity index (χ1n) is 4.25. The zero-order chi connectivity index (χ0) is 12.4. The molecule has 15 heavy (non-hydrogen) atoms. The molecule has 0 saturated heterocycles. The molecule has 3 atom stereocenters. The van der Waals surface area contributed by atoms with Gasteiger partial charge in [-0.2, -0.15) is 0 Å².